The van der Waals surface area contributed by atoms with Crippen molar-refractivity contribution in [2.75, 3.05) is 6.61 Å². The number of thiophene rings is 1. The van der Waals surface area contributed by atoms with Gasteiger partial charge >= 0.3 is 5.97 Å². The zero-order valence-electron chi connectivity index (χ0n) is 16.4. The van der Waals surface area contributed by atoms with Crippen molar-refractivity contribution in [3.05, 3.63) is 50.1 Å². The number of fused-ring (bicyclic) bond motifs is 1. The fourth-order valence-electron chi connectivity index (χ4n) is 3.59. The molecule has 0 saturated carbocycles. The fraction of sp³-hybridized carbons (Fsp3) is 0.381. The molecule has 0 bridgehead atoms. The molecule has 0 aliphatic carbocycles. The highest BCUT2D eigenvalue weighted by molar-refractivity contribution is 8.00. The normalized spacial score (nSPS) is 16.7. The molecule has 28 heavy (non-hydrogen) atoms. The molecule has 5 nitrogen and oxygen atoms in total. The summed E-state index contributed by atoms with van der Waals surface area (Å²) in [5, 5.41) is 0.927. The standard InChI is InChI=1S/C21H22N2O3S2/c1-5-14-13(4)27-18-17(14)19(24)23(15-10-11(2)6-7-12(15)3)21(22-18)28-16-8-9-26-20(16)25/h6-7,10,16H,5,8-9H2,1-4H3. The van der Waals surface area contributed by atoms with Gasteiger partial charge < -0.3 is 4.74 Å². The Morgan fingerprint density at radius 2 is 2.07 bits per heavy atom. The van der Waals surface area contributed by atoms with E-state index in [9.17, 15) is 9.59 Å². The number of esters is 1. The van der Waals surface area contributed by atoms with Gasteiger partial charge in [0.15, 0.2) is 5.16 Å². The Morgan fingerprint density at radius 1 is 1.29 bits per heavy atom. The maximum absolute atomic E-state index is 13.7. The van der Waals surface area contributed by atoms with E-state index >= 15 is 0 Å². The molecule has 0 radical (unpaired) electrons. The molecule has 7 heteroatoms. The van der Waals surface area contributed by atoms with Crippen LogP contribution in [0.4, 0.5) is 0 Å². The molecule has 1 fully saturated rings. The Kier molecular flexibility index (Phi) is 5.05. The van der Waals surface area contributed by atoms with Crippen LogP contribution in [0.3, 0.4) is 0 Å². The highest BCUT2D eigenvalue weighted by atomic mass is 32.2. The lowest BCUT2D eigenvalue weighted by Crippen LogP contribution is -2.24. The number of carbonyl (C=O) groups excluding carboxylic acids is 1. The van der Waals surface area contributed by atoms with Gasteiger partial charge in [0, 0.05) is 11.3 Å². The first kappa shape index (κ1) is 19.2. The summed E-state index contributed by atoms with van der Waals surface area (Å²) in [6.07, 6.45) is 1.42. The minimum Gasteiger partial charge on any atom is -0.465 e. The largest absolute Gasteiger partial charge is 0.465 e. The molecule has 1 aliphatic rings. The third-order valence-corrected chi connectivity index (χ3v) is 7.33. The average molecular weight is 415 g/mol. The Morgan fingerprint density at radius 3 is 2.75 bits per heavy atom. The Balaban J connectivity index is 2.02. The topological polar surface area (TPSA) is 61.2 Å². The molecular formula is C21H22N2O3S2. The number of hydrogen-bond acceptors (Lipinski definition) is 6. The maximum atomic E-state index is 13.7. The van der Waals surface area contributed by atoms with Gasteiger partial charge in [-0.15, -0.1) is 11.3 Å². The second-order valence-corrected chi connectivity index (χ2v) is 9.43. The quantitative estimate of drug-likeness (QED) is 0.469. The maximum Gasteiger partial charge on any atom is 0.319 e. The van der Waals surface area contributed by atoms with Crippen molar-refractivity contribution < 1.29 is 9.53 Å². The van der Waals surface area contributed by atoms with E-state index in [-0.39, 0.29) is 16.8 Å². The summed E-state index contributed by atoms with van der Waals surface area (Å²) in [6, 6.07) is 6.05. The van der Waals surface area contributed by atoms with Crippen LogP contribution in [0.5, 0.6) is 0 Å². The van der Waals surface area contributed by atoms with E-state index < -0.39 is 0 Å². The average Bonchev–Trinajstić information content (AvgIpc) is 3.20. The number of hydrogen-bond donors (Lipinski definition) is 0. The van der Waals surface area contributed by atoms with Crippen LogP contribution in [0, 0.1) is 20.8 Å². The van der Waals surface area contributed by atoms with E-state index in [1.165, 1.54) is 11.8 Å². The van der Waals surface area contributed by atoms with Crippen molar-refractivity contribution >= 4 is 39.3 Å². The van der Waals surface area contributed by atoms with Crippen molar-refractivity contribution in [1.82, 2.24) is 9.55 Å². The number of aromatic nitrogens is 2. The zero-order chi connectivity index (χ0) is 20.0. The molecule has 3 heterocycles. The van der Waals surface area contributed by atoms with E-state index in [4.69, 9.17) is 9.72 Å². The van der Waals surface area contributed by atoms with Gasteiger partial charge in [-0.2, -0.15) is 0 Å². The first-order chi connectivity index (χ1) is 13.4. The second-order valence-electron chi connectivity index (χ2n) is 7.06. The van der Waals surface area contributed by atoms with Crippen LogP contribution in [0.25, 0.3) is 15.9 Å². The van der Waals surface area contributed by atoms with Crippen molar-refractivity contribution in [3.63, 3.8) is 0 Å². The molecule has 1 atom stereocenters. The minimum atomic E-state index is -0.326. The third-order valence-electron chi connectivity index (χ3n) is 5.09. The summed E-state index contributed by atoms with van der Waals surface area (Å²) >= 11 is 2.88. The SMILES string of the molecule is CCc1c(C)sc2nc(SC3CCOC3=O)n(-c3cc(C)ccc3C)c(=O)c12. The van der Waals surface area contributed by atoms with E-state index in [1.54, 1.807) is 15.9 Å². The van der Waals surface area contributed by atoms with Crippen molar-refractivity contribution in [1.29, 1.82) is 0 Å². The highest BCUT2D eigenvalue weighted by Gasteiger charge is 2.30. The predicted molar refractivity (Wildman–Crippen MR) is 114 cm³/mol. The minimum absolute atomic E-state index is 0.0613. The van der Waals surface area contributed by atoms with Gasteiger partial charge in [-0.25, -0.2) is 4.98 Å². The molecule has 1 aromatic carbocycles. The first-order valence-electron chi connectivity index (χ1n) is 9.36. The number of thioether (sulfide) groups is 1. The van der Waals surface area contributed by atoms with Crippen LogP contribution in [0.1, 0.15) is 34.9 Å². The van der Waals surface area contributed by atoms with Crippen molar-refractivity contribution in [2.45, 2.75) is 50.9 Å². The molecule has 4 rings (SSSR count). The molecule has 0 N–H and O–H groups in total. The first-order valence-corrected chi connectivity index (χ1v) is 11.1. The molecule has 3 aromatic rings. The van der Waals surface area contributed by atoms with Gasteiger partial charge in [0.05, 0.1) is 17.7 Å². The van der Waals surface area contributed by atoms with Crippen molar-refractivity contribution in [2.24, 2.45) is 0 Å². The van der Waals surface area contributed by atoms with E-state index in [0.29, 0.717) is 23.6 Å². The number of ether oxygens (including phenoxy) is 1. The Hall–Kier alpha value is -2.12. The molecule has 0 spiro atoms. The molecule has 0 amide bonds. The number of carbonyl (C=O) groups is 1. The Bertz CT molecular complexity index is 1150. The van der Waals surface area contributed by atoms with Gasteiger partial charge in [-0.3, -0.25) is 14.2 Å². The lowest BCUT2D eigenvalue weighted by molar-refractivity contribution is -0.137. The molecule has 146 valence electrons. The summed E-state index contributed by atoms with van der Waals surface area (Å²) < 4.78 is 6.80. The number of cyclic esters (lactones) is 1. The monoisotopic (exact) mass is 414 g/mol. The summed E-state index contributed by atoms with van der Waals surface area (Å²) in [5.41, 5.74) is 3.89. The van der Waals surface area contributed by atoms with E-state index in [2.05, 4.69) is 6.92 Å². The smallest absolute Gasteiger partial charge is 0.319 e. The Labute approximate surface area is 171 Å². The summed E-state index contributed by atoms with van der Waals surface area (Å²) in [6.45, 7) is 8.52. The molecule has 1 unspecified atom stereocenters. The third kappa shape index (κ3) is 3.16. The fourth-order valence-corrected chi connectivity index (χ4v) is 5.81. The molecule has 1 saturated heterocycles. The van der Waals surface area contributed by atoms with E-state index in [1.807, 2.05) is 39.0 Å². The van der Waals surface area contributed by atoms with Crippen LogP contribution >= 0.6 is 23.1 Å². The van der Waals surface area contributed by atoms with Gasteiger partial charge in [0.1, 0.15) is 10.1 Å². The summed E-state index contributed by atoms with van der Waals surface area (Å²) in [5.74, 6) is -0.233. The van der Waals surface area contributed by atoms with Gasteiger partial charge in [-0.05, 0) is 49.9 Å². The molecule has 1 aliphatic heterocycles. The van der Waals surface area contributed by atoms with Crippen LogP contribution in [-0.4, -0.2) is 27.4 Å². The number of benzene rings is 1. The molecule has 2 aromatic heterocycles. The number of aryl methyl sites for hydroxylation is 4. The summed E-state index contributed by atoms with van der Waals surface area (Å²) in [7, 11) is 0. The van der Waals surface area contributed by atoms with E-state index in [0.717, 1.165) is 38.5 Å². The van der Waals surface area contributed by atoms with Crippen LogP contribution in [0.15, 0.2) is 28.2 Å². The summed E-state index contributed by atoms with van der Waals surface area (Å²) in [4.78, 5) is 32.4. The van der Waals surface area contributed by atoms with Crippen LogP contribution in [-0.2, 0) is 16.0 Å². The number of rotatable bonds is 4. The zero-order valence-corrected chi connectivity index (χ0v) is 18.0. The lowest BCUT2D eigenvalue weighted by Gasteiger charge is -2.16. The lowest BCUT2D eigenvalue weighted by atomic mass is 10.1. The van der Waals surface area contributed by atoms with Crippen LogP contribution < -0.4 is 5.56 Å². The van der Waals surface area contributed by atoms with Crippen LogP contribution in [0.2, 0.25) is 0 Å². The highest BCUT2D eigenvalue weighted by Crippen LogP contribution is 2.34. The van der Waals surface area contributed by atoms with Gasteiger partial charge in [-0.1, -0.05) is 30.8 Å². The predicted octanol–water partition coefficient (Wildman–Crippen LogP) is 4.34. The van der Waals surface area contributed by atoms with Crippen molar-refractivity contribution in [3.8, 4) is 5.69 Å². The number of nitrogens with zero attached hydrogens (tertiary/aromatic N) is 2. The van der Waals surface area contributed by atoms with Gasteiger partial charge in [0.2, 0.25) is 0 Å². The van der Waals surface area contributed by atoms with Gasteiger partial charge in [0.25, 0.3) is 5.56 Å². The second kappa shape index (κ2) is 7.37. The molecular weight excluding hydrogens is 392 g/mol.